The minimum atomic E-state index is -0.193. The number of nitrogens with one attached hydrogen (secondary N) is 1. The van der Waals surface area contributed by atoms with E-state index >= 15 is 0 Å². The largest absolute Gasteiger partial charge is 0.376 e. The Labute approximate surface area is 96.8 Å². The van der Waals surface area contributed by atoms with Gasteiger partial charge in [-0.25, -0.2) is 4.39 Å². The third-order valence-electron chi connectivity index (χ3n) is 2.36. The molecule has 0 heterocycles. The third kappa shape index (κ3) is 4.73. The van der Waals surface area contributed by atoms with E-state index in [1.807, 2.05) is 6.07 Å². The van der Waals surface area contributed by atoms with Crippen molar-refractivity contribution >= 4 is 0 Å². The monoisotopic (exact) mass is 225 g/mol. The number of rotatable bonds is 7. The van der Waals surface area contributed by atoms with Crippen molar-refractivity contribution in [1.82, 2.24) is 5.32 Å². The molecule has 0 aliphatic rings. The van der Waals surface area contributed by atoms with Crippen LogP contribution in [0.1, 0.15) is 19.4 Å². The molecule has 0 spiro atoms. The Morgan fingerprint density at radius 2 is 2.12 bits per heavy atom. The van der Waals surface area contributed by atoms with E-state index in [1.54, 1.807) is 12.1 Å². The first-order valence-electron chi connectivity index (χ1n) is 5.76. The van der Waals surface area contributed by atoms with Crippen LogP contribution in [0.25, 0.3) is 0 Å². The first-order valence-corrected chi connectivity index (χ1v) is 5.76. The van der Waals surface area contributed by atoms with Crippen molar-refractivity contribution in [3.8, 4) is 0 Å². The average Bonchev–Trinajstić information content (AvgIpc) is 2.29. The van der Waals surface area contributed by atoms with Crippen LogP contribution in [-0.4, -0.2) is 19.7 Å². The number of benzene rings is 1. The fourth-order valence-corrected chi connectivity index (χ4v) is 1.44. The normalized spacial score (nSPS) is 12.7. The van der Waals surface area contributed by atoms with E-state index in [9.17, 15) is 4.39 Å². The summed E-state index contributed by atoms with van der Waals surface area (Å²) < 4.78 is 18.7. The molecule has 0 aromatic heterocycles. The maximum absolute atomic E-state index is 13.2. The van der Waals surface area contributed by atoms with E-state index in [2.05, 4.69) is 19.2 Å². The summed E-state index contributed by atoms with van der Waals surface area (Å²) in [5.41, 5.74) is 0.623. The maximum Gasteiger partial charge on any atom is 0.128 e. The van der Waals surface area contributed by atoms with Crippen LogP contribution < -0.4 is 5.32 Å². The molecule has 1 N–H and O–H groups in total. The highest BCUT2D eigenvalue weighted by Crippen LogP contribution is 2.08. The fraction of sp³-hybridized carbons (Fsp3) is 0.538. The SMILES string of the molecule is CCNCC(C)COCc1ccccc1F. The van der Waals surface area contributed by atoms with Crippen LogP contribution in [0.15, 0.2) is 24.3 Å². The van der Waals surface area contributed by atoms with Gasteiger partial charge >= 0.3 is 0 Å². The van der Waals surface area contributed by atoms with E-state index in [0.717, 1.165) is 13.1 Å². The van der Waals surface area contributed by atoms with Crippen molar-refractivity contribution in [3.63, 3.8) is 0 Å². The van der Waals surface area contributed by atoms with Gasteiger partial charge in [0.2, 0.25) is 0 Å². The molecule has 0 amide bonds. The molecule has 0 bridgehead atoms. The summed E-state index contributed by atoms with van der Waals surface area (Å²) in [6.07, 6.45) is 0. The van der Waals surface area contributed by atoms with Gasteiger partial charge in [0.05, 0.1) is 13.2 Å². The van der Waals surface area contributed by atoms with Gasteiger partial charge in [-0.05, 0) is 25.1 Å². The Kier molecular flexibility index (Phi) is 6.04. The van der Waals surface area contributed by atoms with E-state index in [0.29, 0.717) is 24.7 Å². The third-order valence-corrected chi connectivity index (χ3v) is 2.36. The van der Waals surface area contributed by atoms with Gasteiger partial charge in [-0.2, -0.15) is 0 Å². The molecule has 0 radical (unpaired) electrons. The van der Waals surface area contributed by atoms with Crippen LogP contribution in [0.5, 0.6) is 0 Å². The van der Waals surface area contributed by atoms with Crippen molar-refractivity contribution in [1.29, 1.82) is 0 Å². The summed E-state index contributed by atoms with van der Waals surface area (Å²) in [6.45, 7) is 7.10. The average molecular weight is 225 g/mol. The van der Waals surface area contributed by atoms with Gasteiger partial charge in [0.25, 0.3) is 0 Å². The molecule has 0 saturated carbocycles. The van der Waals surface area contributed by atoms with Crippen LogP contribution in [0.3, 0.4) is 0 Å². The van der Waals surface area contributed by atoms with Gasteiger partial charge < -0.3 is 10.1 Å². The quantitative estimate of drug-likeness (QED) is 0.770. The summed E-state index contributed by atoms with van der Waals surface area (Å²) in [7, 11) is 0. The second-order valence-corrected chi connectivity index (χ2v) is 4.02. The van der Waals surface area contributed by atoms with Crippen molar-refractivity contribution in [3.05, 3.63) is 35.6 Å². The summed E-state index contributed by atoms with van der Waals surface area (Å²) in [4.78, 5) is 0. The number of hydrogen-bond acceptors (Lipinski definition) is 2. The molecule has 1 unspecified atom stereocenters. The first kappa shape index (κ1) is 13.1. The predicted octanol–water partition coefficient (Wildman–Crippen LogP) is 2.59. The Morgan fingerprint density at radius 3 is 2.81 bits per heavy atom. The Morgan fingerprint density at radius 1 is 1.38 bits per heavy atom. The zero-order chi connectivity index (χ0) is 11.8. The molecule has 0 saturated heterocycles. The zero-order valence-electron chi connectivity index (χ0n) is 10.0. The lowest BCUT2D eigenvalue weighted by molar-refractivity contribution is 0.0901. The number of halogens is 1. The molecule has 0 aliphatic heterocycles. The molecule has 90 valence electrons. The van der Waals surface area contributed by atoms with Crippen molar-refractivity contribution < 1.29 is 9.13 Å². The Balaban J connectivity index is 2.23. The van der Waals surface area contributed by atoms with E-state index in [1.165, 1.54) is 6.07 Å². The lowest BCUT2D eigenvalue weighted by Gasteiger charge is -2.12. The molecule has 1 aromatic rings. The van der Waals surface area contributed by atoms with Crippen molar-refractivity contribution in [2.75, 3.05) is 19.7 Å². The van der Waals surface area contributed by atoms with Crippen LogP contribution >= 0.6 is 0 Å². The summed E-state index contributed by atoms with van der Waals surface area (Å²) in [6, 6.07) is 6.72. The molecule has 1 rings (SSSR count). The summed E-state index contributed by atoms with van der Waals surface area (Å²) >= 11 is 0. The molecule has 1 atom stereocenters. The molecular weight excluding hydrogens is 205 g/mol. The van der Waals surface area contributed by atoms with Crippen molar-refractivity contribution in [2.24, 2.45) is 5.92 Å². The van der Waals surface area contributed by atoms with Crippen LogP contribution in [0, 0.1) is 11.7 Å². The minimum Gasteiger partial charge on any atom is -0.376 e. The predicted molar refractivity (Wildman–Crippen MR) is 63.8 cm³/mol. The zero-order valence-corrected chi connectivity index (χ0v) is 10.0. The highest BCUT2D eigenvalue weighted by Gasteiger charge is 2.03. The standard InChI is InChI=1S/C13H20FNO/c1-3-15-8-11(2)9-16-10-12-6-4-5-7-13(12)14/h4-7,11,15H,3,8-10H2,1-2H3. The number of hydrogen-bond donors (Lipinski definition) is 1. The van der Waals surface area contributed by atoms with E-state index < -0.39 is 0 Å². The molecule has 1 aromatic carbocycles. The molecule has 2 nitrogen and oxygen atoms in total. The van der Waals surface area contributed by atoms with Gasteiger partial charge in [0.15, 0.2) is 0 Å². The highest BCUT2D eigenvalue weighted by molar-refractivity contribution is 5.16. The summed E-state index contributed by atoms with van der Waals surface area (Å²) in [5, 5.41) is 3.25. The molecular formula is C13H20FNO. The second kappa shape index (κ2) is 7.36. The molecule has 3 heteroatoms. The van der Waals surface area contributed by atoms with Crippen LogP contribution in [0.4, 0.5) is 4.39 Å². The van der Waals surface area contributed by atoms with Gasteiger partial charge in [0, 0.05) is 5.56 Å². The lowest BCUT2D eigenvalue weighted by Crippen LogP contribution is -2.23. The lowest BCUT2D eigenvalue weighted by atomic mass is 10.2. The maximum atomic E-state index is 13.2. The van der Waals surface area contributed by atoms with E-state index in [-0.39, 0.29) is 5.82 Å². The van der Waals surface area contributed by atoms with Gasteiger partial charge in [-0.15, -0.1) is 0 Å². The first-order chi connectivity index (χ1) is 7.74. The van der Waals surface area contributed by atoms with Gasteiger partial charge in [-0.3, -0.25) is 0 Å². The molecule has 16 heavy (non-hydrogen) atoms. The van der Waals surface area contributed by atoms with Crippen molar-refractivity contribution in [2.45, 2.75) is 20.5 Å². The minimum absolute atomic E-state index is 0.193. The highest BCUT2D eigenvalue weighted by atomic mass is 19.1. The molecule has 0 aliphatic carbocycles. The van der Waals surface area contributed by atoms with E-state index in [4.69, 9.17) is 4.74 Å². The van der Waals surface area contributed by atoms with Crippen LogP contribution in [0.2, 0.25) is 0 Å². The second-order valence-electron chi connectivity index (χ2n) is 4.02. The smallest absolute Gasteiger partial charge is 0.128 e. The Bertz CT molecular complexity index is 304. The fourth-order valence-electron chi connectivity index (χ4n) is 1.44. The molecule has 0 fully saturated rings. The summed E-state index contributed by atoms with van der Waals surface area (Å²) in [5.74, 6) is 0.258. The Hall–Kier alpha value is -0.930. The van der Waals surface area contributed by atoms with Crippen LogP contribution in [-0.2, 0) is 11.3 Å². The van der Waals surface area contributed by atoms with Gasteiger partial charge in [0.1, 0.15) is 5.82 Å². The topological polar surface area (TPSA) is 21.3 Å². The van der Waals surface area contributed by atoms with Gasteiger partial charge in [-0.1, -0.05) is 32.0 Å². The number of ether oxygens (including phenoxy) is 1.